The standard InChI is InChI=1S/C9H7F3N2O/c10-9(11,12)7-3-1-5-14(8(7)15)6-2-4-13/h1,3,5H,2,6H2. The summed E-state index contributed by atoms with van der Waals surface area (Å²) in [5, 5.41) is 8.26. The highest BCUT2D eigenvalue weighted by atomic mass is 19.4. The van der Waals surface area contributed by atoms with Crippen LogP contribution in [0.1, 0.15) is 12.0 Å². The number of halogens is 3. The van der Waals surface area contributed by atoms with Gasteiger partial charge >= 0.3 is 6.18 Å². The fourth-order valence-corrected chi connectivity index (χ4v) is 1.10. The lowest BCUT2D eigenvalue weighted by Crippen LogP contribution is -2.27. The van der Waals surface area contributed by atoms with Gasteiger partial charge in [0.2, 0.25) is 0 Å². The van der Waals surface area contributed by atoms with Crippen LogP contribution in [-0.2, 0) is 12.7 Å². The van der Waals surface area contributed by atoms with Gasteiger partial charge in [-0.05, 0) is 12.1 Å². The predicted octanol–water partition coefficient (Wildman–Crippen LogP) is 1.78. The van der Waals surface area contributed by atoms with E-state index in [1.807, 2.05) is 0 Å². The number of alkyl halides is 3. The molecule has 80 valence electrons. The second-order valence-electron chi connectivity index (χ2n) is 2.83. The first-order chi connectivity index (χ1) is 6.96. The molecule has 1 rings (SSSR count). The number of pyridine rings is 1. The van der Waals surface area contributed by atoms with Crippen molar-refractivity contribution in [2.75, 3.05) is 0 Å². The van der Waals surface area contributed by atoms with E-state index in [1.54, 1.807) is 6.07 Å². The van der Waals surface area contributed by atoms with Crippen LogP contribution in [0.2, 0.25) is 0 Å². The number of hydrogen-bond donors (Lipinski definition) is 0. The highest BCUT2D eigenvalue weighted by Crippen LogP contribution is 2.25. The largest absolute Gasteiger partial charge is 0.421 e. The van der Waals surface area contributed by atoms with Gasteiger partial charge in [-0.1, -0.05) is 0 Å². The van der Waals surface area contributed by atoms with Gasteiger partial charge in [-0.2, -0.15) is 18.4 Å². The van der Waals surface area contributed by atoms with Crippen LogP contribution in [0, 0.1) is 11.3 Å². The lowest BCUT2D eigenvalue weighted by molar-refractivity contribution is -0.138. The summed E-state index contributed by atoms with van der Waals surface area (Å²) in [5.74, 6) is 0. The second kappa shape index (κ2) is 4.17. The van der Waals surface area contributed by atoms with E-state index in [4.69, 9.17) is 5.26 Å². The average Bonchev–Trinajstić information content (AvgIpc) is 2.14. The molecule has 3 nitrogen and oxygen atoms in total. The Labute approximate surface area is 83.4 Å². The van der Waals surface area contributed by atoms with E-state index in [9.17, 15) is 18.0 Å². The molecular weight excluding hydrogens is 209 g/mol. The monoisotopic (exact) mass is 216 g/mol. The second-order valence-corrected chi connectivity index (χ2v) is 2.83. The van der Waals surface area contributed by atoms with Gasteiger partial charge in [-0.3, -0.25) is 4.79 Å². The van der Waals surface area contributed by atoms with Crippen molar-refractivity contribution in [3.63, 3.8) is 0 Å². The van der Waals surface area contributed by atoms with E-state index < -0.39 is 17.3 Å². The van der Waals surface area contributed by atoms with E-state index in [0.29, 0.717) is 0 Å². The number of nitrogens with zero attached hydrogens (tertiary/aromatic N) is 2. The van der Waals surface area contributed by atoms with Gasteiger partial charge < -0.3 is 4.57 Å². The molecule has 0 amide bonds. The normalized spacial score (nSPS) is 11.1. The molecule has 1 heterocycles. The third-order valence-corrected chi connectivity index (χ3v) is 1.79. The van der Waals surface area contributed by atoms with Crippen molar-refractivity contribution in [3.05, 3.63) is 34.2 Å². The molecule has 0 saturated heterocycles. The molecule has 0 unspecified atom stereocenters. The zero-order chi connectivity index (χ0) is 11.5. The number of hydrogen-bond acceptors (Lipinski definition) is 2. The minimum Gasteiger partial charge on any atom is -0.314 e. The number of aromatic nitrogens is 1. The lowest BCUT2D eigenvalue weighted by Gasteiger charge is -2.08. The summed E-state index contributed by atoms with van der Waals surface area (Å²) in [5.41, 5.74) is -2.32. The third-order valence-electron chi connectivity index (χ3n) is 1.79. The van der Waals surface area contributed by atoms with Crippen LogP contribution in [-0.4, -0.2) is 4.57 Å². The molecule has 0 aromatic carbocycles. The molecule has 0 radical (unpaired) electrons. The van der Waals surface area contributed by atoms with Crippen LogP contribution in [0.25, 0.3) is 0 Å². The lowest BCUT2D eigenvalue weighted by atomic mass is 10.2. The quantitative estimate of drug-likeness (QED) is 0.756. The molecule has 0 aliphatic heterocycles. The van der Waals surface area contributed by atoms with E-state index >= 15 is 0 Å². The molecular formula is C9H7F3N2O. The molecule has 0 saturated carbocycles. The van der Waals surface area contributed by atoms with Crippen molar-refractivity contribution in [1.82, 2.24) is 4.57 Å². The summed E-state index contributed by atoms with van der Waals surface area (Å²) in [6, 6.07) is 3.63. The maximum atomic E-state index is 12.3. The molecule has 6 heteroatoms. The Morgan fingerprint density at radius 1 is 1.47 bits per heavy atom. The molecule has 0 N–H and O–H groups in total. The minimum absolute atomic E-state index is 0.00121. The topological polar surface area (TPSA) is 45.8 Å². The minimum atomic E-state index is -4.65. The van der Waals surface area contributed by atoms with Gasteiger partial charge in [-0.15, -0.1) is 0 Å². The summed E-state index contributed by atoms with van der Waals surface area (Å²) in [6.45, 7) is -0.0285. The van der Waals surface area contributed by atoms with E-state index in [0.717, 1.165) is 16.7 Å². The SMILES string of the molecule is N#CCCn1cccc(C(F)(F)F)c1=O. The van der Waals surface area contributed by atoms with Crippen LogP contribution in [0.4, 0.5) is 13.2 Å². The first-order valence-electron chi connectivity index (χ1n) is 4.10. The Kier molecular flexibility index (Phi) is 3.14. The smallest absolute Gasteiger partial charge is 0.314 e. The van der Waals surface area contributed by atoms with Crippen LogP contribution >= 0.6 is 0 Å². The predicted molar refractivity (Wildman–Crippen MR) is 45.9 cm³/mol. The van der Waals surface area contributed by atoms with E-state index in [-0.39, 0.29) is 13.0 Å². The van der Waals surface area contributed by atoms with E-state index in [1.165, 1.54) is 6.20 Å². The maximum Gasteiger partial charge on any atom is 0.421 e. The first kappa shape index (κ1) is 11.3. The summed E-state index contributed by atoms with van der Waals surface area (Å²) < 4.78 is 37.7. The Bertz CT molecular complexity index is 442. The molecule has 0 aliphatic carbocycles. The Morgan fingerprint density at radius 2 is 2.13 bits per heavy atom. The van der Waals surface area contributed by atoms with Crippen molar-refractivity contribution >= 4 is 0 Å². The highest BCUT2D eigenvalue weighted by molar-refractivity contribution is 5.14. The van der Waals surface area contributed by atoms with Crippen LogP contribution < -0.4 is 5.56 Å². The van der Waals surface area contributed by atoms with Crippen LogP contribution in [0.15, 0.2) is 23.1 Å². The van der Waals surface area contributed by atoms with E-state index in [2.05, 4.69) is 0 Å². The Hall–Kier alpha value is -1.77. The van der Waals surface area contributed by atoms with Gasteiger partial charge in [0.05, 0.1) is 12.5 Å². The molecule has 1 aromatic rings. The fourth-order valence-electron chi connectivity index (χ4n) is 1.10. The van der Waals surface area contributed by atoms with Crippen molar-refractivity contribution in [2.24, 2.45) is 0 Å². The molecule has 0 atom stereocenters. The molecule has 0 aliphatic rings. The average molecular weight is 216 g/mol. The number of rotatable bonds is 2. The molecule has 1 aromatic heterocycles. The first-order valence-corrected chi connectivity index (χ1v) is 4.10. The Balaban J connectivity index is 3.14. The molecule has 0 fully saturated rings. The van der Waals surface area contributed by atoms with Gasteiger partial charge in [-0.25, -0.2) is 0 Å². The fraction of sp³-hybridized carbons (Fsp3) is 0.333. The zero-order valence-electron chi connectivity index (χ0n) is 7.58. The van der Waals surface area contributed by atoms with Crippen LogP contribution in [0.3, 0.4) is 0 Å². The maximum absolute atomic E-state index is 12.3. The van der Waals surface area contributed by atoms with Crippen molar-refractivity contribution in [2.45, 2.75) is 19.1 Å². The van der Waals surface area contributed by atoms with Crippen molar-refractivity contribution < 1.29 is 13.2 Å². The molecule has 0 bridgehead atoms. The number of aryl methyl sites for hydroxylation is 1. The van der Waals surface area contributed by atoms with Gasteiger partial charge in [0.15, 0.2) is 0 Å². The third kappa shape index (κ3) is 2.59. The summed E-state index contributed by atoms with van der Waals surface area (Å²) in [7, 11) is 0. The van der Waals surface area contributed by atoms with Crippen molar-refractivity contribution in [1.29, 1.82) is 5.26 Å². The highest BCUT2D eigenvalue weighted by Gasteiger charge is 2.34. The molecule has 15 heavy (non-hydrogen) atoms. The number of nitriles is 1. The summed E-state index contributed by atoms with van der Waals surface area (Å²) in [6.07, 6.45) is -3.41. The van der Waals surface area contributed by atoms with Gasteiger partial charge in [0.1, 0.15) is 5.56 Å². The van der Waals surface area contributed by atoms with Gasteiger partial charge in [0.25, 0.3) is 5.56 Å². The summed E-state index contributed by atoms with van der Waals surface area (Å²) >= 11 is 0. The zero-order valence-corrected chi connectivity index (χ0v) is 7.58. The Morgan fingerprint density at radius 3 is 2.67 bits per heavy atom. The van der Waals surface area contributed by atoms with Crippen molar-refractivity contribution in [3.8, 4) is 6.07 Å². The van der Waals surface area contributed by atoms with Gasteiger partial charge in [0, 0.05) is 12.7 Å². The van der Waals surface area contributed by atoms with Crippen LogP contribution in [0.5, 0.6) is 0 Å². The molecule has 0 spiro atoms. The summed E-state index contributed by atoms with van der Waals surface area (Å²) in [4.78, 5) is 11.3.